The van der Waals surface area contributed by atoms with Gasteiger partial charge in [-0.2, -0.15) is 0 Å². The van der Waals surface area contributed by atoms with Crippen molar-refractivity contribution in [1.29, 1.82) is 0 Å². The minimum atomic E-state index is 0.831. The number of nitrogens with one attached hydrogen (secondary N) is 1. The summed E-state index contributed by atoms with van der Waals surface area (Å²) in [6.07, 6.45) is 8.24. The zero-order chi connectivity index (χ0) is 13.8. The molecule has 20 heavy (non-hydrogen) atoms. The molecule has 1 aliphatic heterocycles. The number of likely N-dealkylation sites (tertiary alicyclic amines) is 1. The van der Waals surface area contributed by atoms with Gasteiger partial charge in [0.25, 0.3) is 0 Å². The van der Waals surface area contributed by atoms with Crippen LogP contribution >= 0.6 is 0 Å². The Morgan fingerprint density at radius 3 is 3.05 bits per heavy atom. The summed E-state index contributed by atoms with van der Waals surface area (Å²) in [5, 5.41) is 3.39. The van der Waals surface area contributed by atoms with E-state index in [9.17, 15) is 0 Å². The highest BCUT2D eigenvalue weighted by Crippen LogP contribution is 2.37. The molecule has 1 saturated heterocycles. The van der Waals surface area contributed by atoms with Gasteiger partial charge < -0.3 is 5.32 Å². The lowest BCUT2D eigenvalue weighted by molar-refractivity contribution is 0.104. The maximum atomic E-state index is 4.77. The predicted octanol–water partition coefficient (Wildman–Crippen LogP) is 3.67. The molecule has 2 unspecified atom stereocenters. The Morgan fingerprint density at radius 2 is 2.15 bits per heavy atom. The number of aromatic nitrogens is 1. The molecule has 0 aromatic carbocycles. The molecule has 1 aliphatic carbocycles. The second kappa shape index (κ2) is 6.57. The smallest absolute Gasteiger partial charge is 0.126 e. The van der Waals surface area contributed by atoms with Gasteiger partial charge in [0.1, 0.15) is 5.82 Å². The van der Waals surface area contributed by atoms with Crippen LogP contribution in [-0.4, -0.2) is 29.0 Å². The fraction of sp³-hybridized carbons (Fsp3) is 0.706. The van der Waals surface area contributed by atoms with Gasteiger partial charge in [0.15, 0.2) is 0 Å². The van der Waals surface area contributed by atoms with Crippen LogP contribution in [0.25, 0.3) is 0 Å². The molecule has 3 rings (SSSR count). The van der Waals surface area contributed by atoms with Gasteiger partial charge in [0.05, 0.1) is 5.69 Å². The van der Waals surface area contributed by atoms with Crippen molar-refractivity contribution in [3.05, 3.63) is 23.9 Å². The van der Waals surface area contributed by atoms with Crippen molar-refractivity contribution in [2.24, 2.45) is 5.92 Å². The molecule has 110 valence electrons. The second-order valence-corrected chi connectivity index (χ2v) is 6.31. The third kappa shape index (κ3) is 3.14. The Hall–Kier alpha value is -1.09. The summed E-state index contributed by atoms with van der Waals surface area (Å²) in [6, 6.07) is 7.22. The Balaban J connectivity index is 1.64. The van der Waals surface area contributed by atoms with E-state index >= 15 is 0 Å². The SMILES string of the molecule is CCCNc1cccc(CN2CCCC3CCCC32)n1. The summed E-state index contributed by atoms with van der Waals surface area (Å²) in [6.45, 7) is 5.48. The van der Waals surface area contributed by atoms with Crippen LogP contribution in [0.15, 0.2) is 18.2 Å². The van der Waals surface area contributed by atoms with Crippen molar-refractivity contribution in [2.45, 2.75) is 58.0 Å². The van der Waals surface area contributed by atoms with Gasteiger partial charge in [0, 0.05) is 19.1 Å². The number of rotatable bonds is 5. The van der Waals surface area contributed by atoms with Crippen LogP contribution in [0.3, 0.4) is 0 Å². The number of fused-ring (bicyclic) bond motifs is 1. The highest BCUT2D eigenvalue weighted by atomic mass is 15.2. The third-order valence-corrected chi connectivity index (χ3v) is 4.84. The van der Waals surface area contributed by atoms with E-state index in [1.165, 1.54) is 44.3 Å². The van der Waals surface area contributed by atoms with Crippen LogP contribution in [0.4, 0.5) is 5.82 Å². The Labute approximate surface area is 122 Å². The summed E-state index contributed by atoms with van der Waals surface area (Å²) in [5.74, 6) is 1.99. The first-order valence-electron chi connectivity index (χ1n) is 8.30. The van der Waals surface area contributed by atoms with E-state index in [4.69, 9.17) is 4.98 Å². The van der Waals surface area contributed by atoms with E-state index in [0.29, 0.717) is 0 Å². The lowest BCUT2D eigenvalue weighted by atomic mass is 9.92. The van der Waals surface area contributed by atoms with E-state index < -0.39 is 0 Å². The Kier molecular flexibility index (Phi) is 4.56. The molecule has 0 amide bonds. The zero-order valence-electron chi connectivity index (χ0n) is 12.6. The van der Waals surface area contributed by atoms with E-state index in [2.05, 4.69) is 35.3 Å². The largest absolute Gasteiger partial charge is 0.370 e. The van der Waals surface area contributed by atoms with Gasteiger partial charge in [0.2, 0.25) is 0 Å². The summed E-state index contributed by atoms with van der Waals surface area (Å²) in [5.41, 5.74) is 1.22. The van der Waals surface area contributed by atoms with Crippen molar-refractivity contribution in [3.63, 3.8) is 0 Å². The van der Waals surface area contributed by atoms with Crippen LogP contribution in [0.1, 0.15) is 51.1 Å². The Morgan fingerprint density at radius 1 is 1.25 bits per heavy atom. The van der Waals surface area contributed by atoms with Crippen LogP contribution in [0, 0.1) is 5.92 Å². The lowest BCUT2D eigenvalue weighted by Gasteiger charge is -2.37. The van der Waals surface area contributed by atoms with Crippen LogP contribution < -0.4 is 5.32 Å². The molecular formula is C17H27N3. The quantitative estimate of drug-likeness (QED) is 0.887. The Bertz CT molecular complexity index is 432. The topological polar surface area (TPSA) is 28.2 Å². The molecule has 3 nitrogen and oxygen atoms in total. The maximum Gasteiger partial charge on any atom is 0.126 e. The molecule has 2 heterocycles. The molecular weight excluding hydrogens is 246 g/mol. The molecule has 1 saturated carbocycles. The number of hydrogen-bond donors (Lipinski definition) is 1. The van der Waals surface area contributed by atoms with Gasteiger partial charge in [-0.1, -0.05) is 19.4 Å². The molecule has 0 radical (unpaired) electrons. The van der Waals surface area contributed by atoms with Gasteiger partial charge >= 0.3 is 0 Å². The number of anilines is 1. The fourth-order valence-electron chi connectivity index (χ4n) is 3.88. The highest BCUT2D eigenvalue weighted by molar-refractivity contribution is 5.35. The number of nitrogens with zero attached hydrogens (tertiary/aromatic N) is 2. The number of pyridine rings is 1. The monoisotopic (exact) mass is 273 g/mol. The molecule has 1 aromatic heterocycles. The molecule has 1 N–H and O–H groups in total. The highest BCUT2D eigenvalue weighted by Gasteiger charge is 2.34. The first kappa shape index (κ1) is 13.9. The minimum Gasteiger partial charge on any atom is -0.370 e. The van der Waals surface area contributed by atoms with Crippen molar-refractivity contribution in [2.75, 3.05) is 18.4 Å². The summed E-state index contributed by atoms with van der Waals surface area (Å²) >= 11 is 0. The van der Waals surface area contributed by atoms with Gasteiger partial charge in [-0.15, -0.1) is 0 Å². The van der Waals surface area contributed by atoms with Crippen molar-refractivity contribution in [3.8, 4) is 0 Å². The third-order valence-electron chi connectivity index (χ3n) is 4.84. The van der Waals surface area contributed by atoms with Crippen LogP contribution in [0.2, 0.25) is 0 Å². The maximum absolute atomic E-state index is 4.77. The summed E-state index contributed by atoms with van der Waals surface area (Å²) in [7, 11) is 0. The zero-order valence-corrected chi connectivity index (χ0v) is 12.6. The molecule has 2 fully saturated rings. The van der Waals surface area contributed by atoms with Crippen molar-refractivity contribution in [1.82, 2.24) is 9.88 Å². The molecule has 1 aromatic rings. The average molecular weight is 273 g/mol. The van der Waals surface area contributed by atoms with E-state index in [0.717, 1.165) is 37.3 Å². The standard InChI is InChI=1S/C17H27N3/c1-2-11-18-17-10-4-8-15(19-17)13-20-12-5-7-14-6-3-9-16(14)20/h4,8,10,14,16H,2-3,5-7,9,11-13H2,1H3,(H,18,19). The summed E-state index contributed by atoms with van der Waals surface area (Å²) < 4.78 is 0. The first-order chi connectivity index (χ1) is 9.86. The minimum absolute atomic E-state index is 0.831. The van der Waals surface area contributed by atoms with Crippen LogP contribution in [0.5, 0.6) is 0 Å². The summed E-state index contributed by atoms with van der Waals surface area (Å²) in [4.78, 5) is 7.45. The predicted molar refractivity (Wildman–Crippen MR) is 83.8 cm³/mol. The fourth-order valence-corrected chi connectivity index (χ4v) is 3.88. The second-order valence-electron chi connectivity index (χ2n) is 6.31. The van der Waals surface area contributed by atoms with Crippen LogP contribution in [-0.2, 0) is 6.54 Å². The molecule has 0 spiro atoms. The first-order valence-corrected chi connectivity index (χ1v) is 8.30. The molecule has 2 aliphatic rings. The number of hydrogen-bond acceptors (Lipinski definition) is 3. The average Bonchev–Trinajstić information content (AvgIpc) is 2.95. The van der Waals surface area contributed by atoms with Crippen molar-refractivity contribution >= 4 is 5.82 Å². The van der Waals surface area contributed by atoms with Gasteiger partial charge in [-0.25, -0.2) is 4.98 Å². The van der Waals surface area contributed by atoms with Crippen molar-refractivity contribution < 1.29 is 0 Å². The molecule has 0 bridgehead atoms. The molecule has 3 heteroatoms. The normalized spacial score (nSPS) is 26.4. The lowest BCUT2D eigenvalue weighted by Crippen LogP contribution is -2.42. The van der Waals surface area contributed by atoms with E-state index in [1.807, 2.05) is 0 Å². The number of piperidine rings is 1. The molecule has 2 atom stereocenters. The van der Waals surface area contributed by atoms with E-state index in [1.54, 1.807) is 0 Å². The van der Waals surface area contributed by atoms with Gasteiger partial charge in [-0.05, 0) is 56.7 Å². The van der Waals surface area contributed by atoms with E-state index in [-0.39, 0.29) is 0 Å². The van der Waals surface area contributed by atoms with Gasteiger partial charge in [-0.3, -0.25) is 4.90 Å².